The molecule has 3 aromatic rings. The fourth-order valence-corrected chi connectivity index (χ4v) is 5.06. The highest BCUT2D eigenvalue weighted by Gasteiger charge is 2.23. The van der Waals surface area contributed by atoms with Crippen LogP contribution in [0.3, 0.4) is 0 Å². The van der Waals surface area contributed by atoms with Crippen molar-refractivity contribution in [3.63, 3.8) is 0 Å². The fraction of sp³-hybridized carbons (Fsp3) is 0.360. The standard InChI is InChI=1S/C25H29ClFN5O6S/c1-28-39(35,36)30-20-6-4-5-15(23(20)26)11-17-18(14-32-9-7-29-8-10-32)16-12-19(27)22(38-25(34)31(2)3)13-21(16)37-24(17)33/h4-6,12-13,28-30H,7-11,14H2,1-3H3. The minimum atomic E-state index is -3.83. The number of carbonyl (C=O) groups is 1. The summed E-state index contributed by atoms with van der Waals surface area (Å²) >= 11 is 6.54. The number of piperazine rings is 1. The summed E-state index contributed by atoms with van der Waals surface area (Å²) in [5, 5.41) is 3.74. The van der Waals surface area contributed by atoms with Crippen LogP contribution in [0, 0.1) is 5.82 Å². The monoisotopic (exact) mass is 581 g/mol. The molecule has 1 saturated heterocycles. The first kappa shape index (κ1) is 28.8. The Morgan fingerprint density at radius 3 is 2.62 bits per heavy atom. The van der Waals surface area contributed by atoms with Gasteiger partial charge in [0.15, 0.2) is 11.6 Å². The minimum absolute atomic E-state index is 0.00658. The second-order valence-corrected chi connectivity index (χ2v) is 11.2. The van der Waals surface area contributed by atoms with Gasteiger partial charge in [-0.05, 0) is 23.3 Å². The van der Waals surface area contributed by atoms with Crippen LogP contribution in [0.2, 0.25) is 5.02 Å². The summed E-state index contributed by atoms with van der Waals surface area (Å²) < 4.78 is 54.3. The maximum absolute atomic E-state index is 15.1. The quantitative estimate of drug-likeness (QED) is 0.346. The highest BCUT2D eigenvalue weighted by atomic mass is 35.5. The average Bonchev–Trinajstić information content (AvgIpc) is 2.89. The van der Waals surface area contributed by atoms with Crippen molar-refractivity contribution in [2.45, 2.75) is 13.0 Å². The van der Waals surface area contributed by atoms with Gasteiger partial charge in [0.25, 0.3) is 10.2 Å². The zero-order valence-corrected chi connectivity index (χ0v) is 23.2. The molecule has 0 bridgehead atoms. The molecule has 11 nitrogen and oxygen atoms in total. The van der Waals surface area contributed by atoms with Crippen molar-refractivity contribution in [3.8, 4) is 5.75 Å². The van der Waals surface area contributed by atoms with Gasteiger partial charge in [0.05, 0.1) is 10.7 Å². The van der Waals surface area contributed by atoms with Crippen molar-refractivity contribution < 1.29 is 26.8 Å². The second-order valence-electron chi connectivity index (χ2n) is 9.18. The first-order chi connectivity index (χ1) is 18.5. The van der Waals surface area contributed by atoms with Gasteiger partial charge in [0.1, 0.15) is 5.58 Å². The van der Waals surface area contributed by atoms with Crippen LogP contribution in [0.4, 0.5) is 14.9 Å². The van der Waals surface area contributed by atoms with Crippen LogP contribution in [0.25, 0.3) is 11.0 Å². The molecular formula is C25H29ClFN5O6S. The number of rotatable bonds is 8. The number of nitrogens with zero attached hydrogens (tertiary/aromatic N) is 2. The number of carbonyl (C=O) groups excluding carboxylic acids is 1. The summed E-state index contributed by atoms with van der Waals surface area (Å²) in [5.74, 6) is -1.15. The van der Waals surface area contributed by atoms with Gasteiger partial charge in [-0.2, -0.15) is 8.42 Å². The van der Waals surface area contributed by atoms with Gasteiger partial charge >= 0.3 is 11.7 Å². The van der Waals surface area contributed by atoms with Crippen molar-refractivity contribution in [2.24, 2.45) is 0 Å². The molecule has 210 valence electrons. The molecule has 39 heavy (non-hydrogen) atoms. The average molecular weight is 582 g/mol. The third kappa shape index (κ3) is 6.68. The molecule has 4 rings (SSSR count). The van der Waals surface area contributed by atoms with Gasteiger partial charge in [0, 0.05) is 77.3 Å². The van der Waals surface area contributed by atoms with Crippen molar-refractivity contribution in [2.75, 3.05) is 52.0 Å². The number of hydrogen-bond acceptors (Lipinski definition) is 8. The van der Waals surface area contributed by atoms with E-state index in [1.54, 1.807) is 12.1 Å². The fourth-order valence-electron chi connectivity index (χ4n) is 4.20. The van der Waals surface area contributed by atoms with Crippen LogP contribution in [0.15, 0.2) is 39.5 Å². The zero-order valence-electron chi connectivity index (χ0n) is 21.6. The summed E-state index contributed by atoms with van der Waals surface area (Å²) in [6.45, 7) is 3.27. The molecule has 0 saturated carbocycles. The Labute approximate surface area is 230 Å². The molecule has 1 aliphatic rings. The lowest BCUT2D eigenvalue weighted by Gasteiger charge is -2.28. The summed E-state index contributed by atoms with van der Waals surface area (Å²) in [7, 11) is 0.352. The molecule has 1 fully saturated rings. The summed E-state index contributed by atoms with van der Waals surface area (Å²) in [6.07, 6.45) is -0.774. The minimum Gasteiger partial charge on any atom is -0.422 e. The van der Waals surface area contributed by atoms with Crippen molar-refractivity contribution in [1.82, 2.24) is 19.8 Å². The lowest BCUT2D eigenvalue weighted by molar-refractivity contribution is 0.170. The van der Waals surface area contributed by atoms with Gasteiger partial charge in [-0.25, -0.2) is 18.7 Å². The number of fused-ring (bicyclic) bond motifs is 1. The van der Waals surface area contributed by atoms with E-state index >= 15 is 4.39 Å². The van der Waals surface area contributed by atoms with E-state index in [2.05, 4.69) is 19.7 Å². The largest absolute Gasteiger partial charge is 0.422 e. The van der Waals surface area contributed by atoms with E-state index in [9.17, 15) is 18.0 Å². The van der Waals surface area contributed by atoms with E-state index < -0.39 is 27.7 Å². The van der Waals surface area contributed by atoms with E-state index in [0.717, 1.165) is 18.0 Å². The maximum Gasteiger partial charge on any atom is 0.414 e. The van der Waals surface area contributed by atoms with Crippen molar-refractivity contribution in [3.05, 3.63) is 68.3 Å². The summed E-state index contributed by atoms with van der Waals surface area (Å²) in [5.41, 5.74) is 0.813. The topological polar surface area (TPSA) is 133 Å². The molecule has 0 unspecified atom stereocenters. The van der Waals surface area contributed by atoms with E-state index in [-0.39, 0.29) is 34.0 Å². The Morgan fingerprint density at radius 2 is 1.95 bits per heavy atom. The van der Waals surface area contributed by atoms with Crippen molar-refractivity contribution in [1.29, 1.82) is 0 Å². The second kappa shape index (κ2) is 11.9. The molecular weight excluding hydrogens is 553 g/mol. The number of halogens is 2. The molecule has 14 heteroatoms. The molecule has 1 aromatic heterocycles. The molecule has 2 aromatic carbocycles. The lowest BCUT2D eigenvalue weighted by Crippen LogP contribution is -2.43. The van der Waals surface area contributed by atoms with E-state index in [1.165, 1.54) is 39.3 Å². The predicted octanol–water partition coefficient (Wildman–Crippen LogP) is 2.52. The predicted molar refractivity (Wildman–Crippen MR) is 146 cm³/mol. The highest BCUT2D eigenvalue weighted by molar-refractivity contribution is 7.90. The van der Waals surface area contributed by atoms with Crippen LogP contribution < -0.4 is 25.1 Å². The number of ether oxygens (including phenoxy) is 1. The van der Waals surface area contributed by atoms with Crippen molar-refractivity contribution >= 4 is 44.6 Å². The molecule has 2 heterocycles. The molecule has 0 aliphatic carbocycles. The zero-order chi connectivity index (χ0) is 28.3. The number of anilines is 1. The number of amides is 1. The Bertz CT molecular complexity index is 1560. The van der Waals surface area contributed by atoms with E-state index in [4.69, 9.17) is 20.8 Å². The lowest BCUT2D eigenvalue weighted by atomic mass is 9.97. The molecule has 3 N–H and O–H groups in total. The van der Waals surface area contributed by atoms with Crippen LogP contribution in [-0.4, -0.2) is 71.6 Å². The molecule has 0 atom stereocenters. The first-order valence-electron chi connectivity index (χ1n) is 12.1. The number of nitrogens with one attached hydrogen (secondary N) is 3. The van der Waals surface area contributed by atoms with Crippen LogP contribution in [0.5, 0.6) is 5.75 Å². The van der Waals surface area contributed by atoms with Gasteiger partial charge in [-0.3, -0.25) is 9.62 Å². The Balaban J connectivity index is 1.82. The van der Waals surface area contributed by atoms with Gasteiger partial charge in [-0.1, -0.05) is 23.7 Å². The van der Waals surface area contributed by atoms with E-state index in [1.807, 2.05) is 0 Å². The van der Waals surface area contributed by atoms with Gasteiger partial charge in [0.2, 0.25) is 0 Å². The molecule has 0 radical (unpaired) electrons. The normalized spacial score (nSPS) is 14.4. The van der Waals surface area contributed by atoms with Gasteiger partial charge in [-0.15, -0.1) is 0 Å². The third-order valence-corrected chi connectivity index (χ3v) is 7.76. The number of benzene rings is 2. The van der Waals surface area contributed by atoms with Gasteiger partial charge < -0.3 is 19.4 Å². The maximum atomic E-state index is 15.1. The smallest absolute Gasteiger partial charge is 0.414 e. The van der Waals surface area contributed by atoms with Crippen LogP contribution >= 0.6 is 11.6 Å². The van der Waals surface area contributed by atoms with E-state index in [0.29, 0.717) is 36.1 Å². The van der Waals surface area contributed by atoms with Crippen LogP contribution in [0.1, 0.15) is 16.7 Å². The summed E-state index contributed by atoms with van der Waals surface area (Å²) in [4.78, 5) is 28.6. The summed E-state index contributed by atoms with van der Waals surface area (Å²) in [6, 6.07) is 7.16. The number of hydrogen-bond donors (Lipinski definition) is 3. The molecule has 1 amide bonds. The highest BCUT2D eigenvalue weighted by Crippen LogP contribution is 2.32. The Morgan fingerprint density at radius 1 is 1.23 bits per heavy atom. The SMILES string of the molecule is CNS(=O)(=O)Nc1cccc(Cc2c(CN3CCNCC3)c3cc(F)c(OC(=O)N(C)C)cc3oc2=O)c1Cl. The van der Waals surface area contributed by atoms with Crippen LogP contribution in [-0.2, 0) is 23.2 Å². The third-order valence-electron chi connectivity index (χ3n) is 6.29. The Hall–Kier alpha value is -3.23. The Kier molecular flexibility index (Phi) is 8.76. The first-order valence-corrected chi connectivity index (χ1v) is 13.9. The molecule has 1 aliphatic heterocycles. The molecule has 0 spiro atoms.